The lowest BCUT2D eigenvalue weighted by Gasteiger charge is -2.36. The fourth-order valence-corrected chi connectivity index (χ4v) is 3.98. The van der Waals surface area contributed by atoms with Crippen LogP contribution in [0.5, 0.6) is 0 Å². The zero-order valence-electron chi connectivity index (χ0n) is 17.5. The van der Waals surface area contributed by atoms with Crippen molar-refractivity contribution in [3.63, 3.8) is 0 Å². The number of nitrogens with one attached hydrogen (secondary N) is 1. The molecule has 0 spiro atoms. The van der Waals surface area contributed by atoms with E-state index in [9.17, 15) is 5.26 Å². The molecule has 1 aliphatic heterocycles. The summed E-state index contributed by atoms with van der Waals surface area (Å²) >= 11 is 6.01. The quantitative estimate of drug-likeness (QED) is 0.756. The number of piperazine rings is 1. The molecule has 1 saturated heterocycles. The van der Waals surface area contributed by atoms with Gasteiger partial charge in [0.05, 0.1) is 11.6 Å². The summed E-state index contributed by atoms with van der Waals surface area (Å²) < 4.78 is 0. The van der Waals surface area contributed by atoms with E-state index in [2.05, 4.69) is 64.4 Å². The van der Waals surface area contributed by atoms with Gasteiger partial charge in [0, 0.05) is 56.0 Å². The topological polar surface area (TPSA) is 45.5 Å². The highest BCUT2D eigenvalue weighted by atomic mass is 35.5. The largest absolute Gasteiger partial charge is 0.369 e. The molecule has 2 aromatic carbocycles. The number of rotatable bonds is 7. The molecule has 0 amide bonds. The van der Waals surface area contributed by atoms with Crippen LogP contribution in [0.2, 0.25) is 5.02 Å². The molecule has 0 saturated carbocycles. The number of anilines is 1. The summed E-state index contributed by atoms with van der Waals surface area (Å²) in [7, 11) is 6.15. The second-order valence-corrected chi connectivity index (χ2v) is 8.31. The van der Waals surface area contributed by atoms with E-state index in [1.807, 2.05) is 25.2 Å². The van der Waals surface area contributed by atoms with Crippen LogP contribution in [0, 0.1) is 11.3 Å². The van der Waals surface area contributed by atoms with Gasteiger partial charge in [0.15, 0.2) is 0 Å². The molecular weight excluding hydrogens is 382 g/mol. The average molecular weight is 412 g/mol. The van der Waals surface area contributed by atoms with Gasteiger partial charge >= 0.3 is 0 Å². The number of hydrogen-bond donors (Lipinski definition) is 1. The fourth-order valence-electron chi connectivity index (χ4n) is 3.86. The predicted molar refractivity (Wildman–Crippen MR) is 120 cm³/mol. The lowest BCUT2D eigenvalue weighted by molar-refractivity contribution is 0.249. The van der Waals surface area contributed by atoms with Gasteiger partial charge in [-0.2, -0.15) is 5.26 Å². The number of likely N-dealkylation sites (N-methyl/N-ethyl adjacent to an activating group) is 2. The molecule has 0 aliphatic carbocycles. The molecule has 2 aromatic rings. The SMILES string of the molecule is CNC(CN(C)C)c1ccc(C#N)c(CN2CCN(c3ccc(Cl)cc3)CC2)c1. The van der Waals surface area contributed by atoms with Gasteiger partial charge in [-0.15, -0.1) is 0 Å². The molecule has 1 atom stereocenters. The molecule has 0 radical (unpaired) electrons. The zero-order chi connectivity index (χ0) is 20.8. The lowest BCUT2D eigenvalue weighted by Crippen LogP contribution is -2.46. The maximum absolute atomic E-state index is 9.58. The van der Waals surface area contributed by atoms with E-state index in [4.69, 9.17) is 11.6 Å². The Morgan fingerprint density at radius 2 is 1.79 bits per heavy atom. The van der Waals surface area contributed by atoms with Gasteiger partial charge in [0.1, 0.15) is 0 Å². The first kappa shape index (κ1) is 21.6. The number of benzene rings is 2. The maximum atomic E-state index is 9.58. The van der Waals surface area contributed by atoms with Crippen LogP contribution >= 0.6 is 11.6 Å². The van der Waals surface area contributed by atoms with Crippen molar-refractivity contribution in [1.82, 2.24) is 15.1 Å². The van der Waals surface area contributed by atoms with Gasteiger partial charge in [-0.3, -0.25) is 4.90 Å². The van der Waals surface area contributed by atoms with E-state index in [-0.39, 0.29) is 6.04 Å². The average Bonchev–Trinajstić information content (AvgIpc) is 2.73. The van der Waals surface area contributed by atoms with Crippen LogP contribution in [0.15, 0.2) is 42.5 Å². The second kappa shape index (κ2) is 10.1. The summed E-state index contributed by atoms with van der Waals surface area (Å²) in [6, 6.07) is 16.9. The van der Waals surface area contributed by atoms with Gasteiger partial charge in [0.25, 0.3) is 0 Å². The third-order valence-electron chi connectivity index (χ3n) is 5.51. The number of hydrogen-bond acceptors (Lipinski definition) is 5. The molecule has 3 rings (SSSR count). The van der Waals surface area contributed by atoms with Crippen molar-refractivity contribution in [2.24, 2.45) is 0 Å². The molecule has 6 heteroatoms. The Labute approximate surface area is 179 Å². The Kier molecular flexibility index (Phi) is 7.51. The maximum Gasteiger partial charge on any atom is 0.0995 e. The summed E-state index contributed by atoms with van der Waals surface area (Å²) in [6.07, 6.45) is 0. The highest BCUT2D eigenvalue weighted by Gasteiger charge is 2.19. The first-order valence-corrected chi connectivity index (χ1v) is 10.5. The van der Waals surface area contributed by atoms with Crippen LogP contribution in [0.3, 0.4) is 0 Å². The number of halogens is 1. The van der Waals surface area contributed by atoms with E-state index < -0.39 is 0 Å². The van der Waals surface area contributed by atoms with Crippen molar-refractivity contribution in [1.29, 1.82) is 5.26 Å². The molecular formula is C23H30ClN5. The van der Waals surface area contributed by atoms with Crippen LogP contribution in [0.25, 0.3) is 0 Å². The van der Waals surface area contributed by atoms with Gasteiger partial charge in [-0.25, -0.2) is 0 Å². The molecule has 1 N–H and O–H groups in total. The Morgan fingerprint density at radius 3 is 2.38 bits per heavy atom. The Hall–Kier alpha value is -2.10. The van der Waals surface area contributed by atoms with Crippen molar-refractivity contribution in [2.45, 2.75) is 12.6 Å². The van der Waals surface area contributed by atoms with Crippen molar-refractivity contribution >= 4 is 17.3 Å². The van der Waals surface area contributed by atoms with Crippen molar-refractivity contribution in [2.75, 3.05) is 58.8 Å². The highest BCUT2D eigenvalue weighted by molar-refractivity contribution is 6.30. The summed E-state index contributed by atoms with van der Waals surface area (Å²) in [5.74, 6) is 0. The van der Waals surface area contributed by atoms with E-state index >= 15 is 0 Å². The Bertz CT molecular complexity index is 835. The second-order valence-electron chi connectivity index (χ2n) is 7.87. The first-order valence-electron chi connectivity index (χ1n) is 10.1. The minimum atomic E-state index is 0.248. The van der Waals surface area contributed by atoms with Crippen molar-refractivity contribution < 1.29 is 0 Å². The molecule has 1 fully saturated rings. The first-order chi connectivity index (χ1) is 14.0. The third kappa shape index (κ3) is 5.71. The normalized spacial score (nSPS) is 16.1. The van der Waals surface area contributed by atoms with Gasteiger partial charge in [-0.1, -0.05) is 23.7 Å². The molecule has 0 aromatic heterocycles. The molecule has 1 heterocycles. The minimum Gasteiger partial charge on any atom is -0.369 e. The van der Waals surface area contributed by atoms with Crippen LogP contribution < -0.4 is 10.2 Å². The standard InChI is InChI=1S/C23H30ClN5/c1-26-23(17-27(2)3)18-4-5-19(15-25)20(14-18)16-28-10-12-29(13-11-28)22-8-6-21(24)7-9-22/h4-9,14,23,26H,10-13,16-17H2,1-3H3. The molecule has 0 bridgehead atoms. The van der Waals surface area contributed by atoms with Crippen LogP contribution in [-0.2, 0) is 6.54 Å². The van der Waals surface area contributed by atoms with Crippen LogP contribution in [-0.4, -0.2) is 63.7 Å². The summed E-state index contributed by atoms with van der Waals surface area (Å²) in [4.78, 5) is 7.00. The summed E-state index contributed by atoms with van der Waals surface area (Å²) in [6.45, 7) is 5.63. The Balaban J connectivity index is 1.67. The third-order valence-corrected chi connectivity index (χ3v) is 5.76. The van der Waals surface area contributed by atoms with E-state index in [1.54, 1.807) is 0 Å². The van der Waals surface area contributed by atoms with Gasteiger partial charge in [0.2, 0.25) is 0 Å². The Morgan fingerprint density at radius 1 is 1.10 bits per heavy atom. The molecule has 1 unspecified atom stereocenters. The smallest absolute Gasteiger partial charge is 0.0995 e. The highest BCUT2D eigenvalue weighted by Crippen LogP contribution is 2.22. The number of nitrogens with zero attached hydrogens (tertiary/aromatic N) is 4. The van der Waals surface area contributed by atoms with Crippen molar-refractivity contribution in [3.05, 3.63) is 64.2 Å². The monoisotopic (exact) mass is 411 g/mol. The van der Waals surface area contributed by atoms with Crippen LogP contribution in [0.1, 0.15) is 22.7 Å². The minimum absolute atomic E-state index is 0.248. The molecule has 154 valence electrons. The summed E-state index contributed by atoms with van der Waals surface area (Å²) in [5.41, 5.74) is 4.34. The van der Waals surface area contributed by atoms with E-state index in [0.29, 0.717) is 0 Å². The van der Waals surface area contributed by atoms with Gasteiger partial charge < -0.3 is 15.1 Å². The lowest BCUT2D eigenvalue weighted by atomic mass is 9.99. The zero-order valence-corrected chi connectivity index (χ0v) is 18.3. The van der Waals surface area contributed by atoms with Crippen molar-refractivity contribution in [3.8, 4) is 6.07 Å². The molecule has 5 nitrogen and oxygen atoms in total. The number of nitriles is 1. The van der Waals surface area contributed by atoms with Crippen LogP contribution in [0.4, 0.5) is 5.69 Å². The van der Waals surface area contributed by atoms with E-state index in [0.717, 1.165) is 55.4 Å². The van der Waals surface area contributed by atoms with Gasteiger partial charge in [-0.05, 0) is 62.6 Å². The van der Waals surface area contributed by atoms with E-state index in [1.165, 1.54) is 11.3 Å². The predicted octanol–water partition coefficient (Wildman–Crippen LogP) is 3.36. The fraction of sp³-hybridized carbons (Fsp3) is 0.435. The molecule has 29 heavy (non-hydrogen) atoms. The summed E-state index contributed by atoms with van der Waals surface area (Å²) in [5, 5.41) is 13.7. The molecule has 1 aliphatic rings.